The van der Waals surface area contributed by atoms with Crippen LogP contribution in [-0.4, -0.2) is 49.6 Å². The zero-order valence-electron chi connectivity index (χ0n) is 36.2. The van der Waals surface area contributed by atoms with Crippen LogP contribution < -0.4 is 9.97 Å². The third-order valence-corrected chi connectivity index (χ3v) is 11.4. The fourth-order valence-electron chi connectivity index (χ4n) is 7.94. The monoisotopic (exact) mass is 854 g/mol. The average Bonchev–Trinajstić information content (AvgIpc) is 3.85. The van der Waals surface area contributed by atoms with Crippen LogP contribution in [0.1, 0.15) is 156 Å². The van der Waals surface area contributed by atoms with Crippen LogP contribution in [0.2, 0.25) is 0 Å². The van der Waals surface area contributed by atoms with Crippen molar-refractivity contribution in [2.24, 2.45) is 0 Å². The van der Waals surface area contributed by atoms with E-state index in [9.17, 15) is 29.7 Å². The molecule has 5 rings (SSSR count). The molecule has 0 saturated carbocycles. The van der Waals surface area contributed by atoms with Crippen molar-refractivity contribution >= 4 is 62.6 Å². The molecule has 0 aromatic carbocycles. The van der Waals surface area contributed by atoms with Crippen LogP contribution in [0, 0.1) is 6.92 Å². The van der Waals surface area contributed by atoms with Gasteiger partial charge in [-0.2, -0.15) is 0 Å². The molecular formula is C49H58FeN4O6. The molecule has 0 fully saturated rings. The van der Waals surface area contributed by atoms with Gasteiger partial charge in [-0.05, 0) is 123 Å². The van der Waals surface area contributed by atoms with Gasteiger partial charge in [0.1, 0.15) is 6.29 Å². The van der Waals surface area contributed by atoms with Gasteiger partial charge in [-0.3, -0.25) is 14.4 Å². The van der Waals surface area contributed by atoms with Gasteiger partial charge in [0.25, 0.3) is 0 Å². The summed E-state index contributed by atoms with van der Waals surface area (Å²) in [6, 6.07) is 7.29. The molecule has 2 aliphatic heterocycles. The molecule has 1 atom stereocenters. The van der Waals surface area contributed by atoms with E-state index in [0.29, 0.717) is 70.5 Å². The average molecular weight is 855 g/mol. The molecular weight excluding hydrogens is 796 g/mol. The normalized spacial score (nSPS) is 13.7. The van der Waals surface area contributed by atoms with Gasteiger partial charge in [0.2, 0.25) is 0 Å². The quantitative estimate of drug-likeness (QED) is 0.0637. The molecule has 5 heterocycles. The number of rotatable bonds is 18. The Balaban J connectivity index is 0.00000794. The van der Waals surface area contributed by atoms with Crippen molar-refractivity contribution in [3.63, 3.8) is 0 Å². The number of carboxylic acids is 2. The maximum absolute atomic E-state index is 12.8. The SMILES string of the molecule is CCc1c(C)c2cc3nc(cc4[n-]c(cc5nc(cc1[n-]2)C(C)=C5CCC(=O)O)c(CCC(=O)O)c4C=O)C(C)=C3[C@@H](O)CC/C=C(\C)CC/C=C(\C)CCC=C(C)C.[Fe+2]. The van der Waals surface area contributed by atoms with Gasteiger partial charge in [-0.1, -0.05) is 82.8 Å². The zero-order chi connectivity index (χ0) is 43.0. The Morgan fingerprint density at radius 2 is 1.22 bits per heavy atom. The third kappa shape index (κ3) is 11.6. The van der Waals surface area contributed by atoms with Crippen LogP contribution >= 0.6 is 0 Å². The predicted molar refractivity (Wildman–Crippen MR) is 237 cm³/mol. The number of hydrogen-bond donors (Lipinski definition) is 3. The summed E-state index contributed by atoms with van der Waals surface area (Å²) in [6.45, 7) is 16.5. The van der Waals surface area contributed by atoms with Gasteiger partial charge in [0, 0.05) is 24.0 Å². The number of fused-ring (bicyclic) bond motifs is 8. The molecule has 11 heteroatoms. The smallest absolute Gasteiger partial charge is 0.657 e. The summed E-state index contributed by atoms with van der Waals surface area (Å²) >= 11 is 0. The van der Waals surface area contributed by atoms with E-state index in [1.54, 1.807) is 12.1 Å². The molecule has 0 amide bonds. The van der Waals surface area contributed by atoms with Crippen LogP contribution in [-0.2, 0) is 39.5 Å². The van der Waals surface area contributed by atoms with Crippen LogP contribution in [0.3, 0.4) is 0 Å². The van der Waals surface area contributed by atoms with E-state index in [2.05, 4.69) is 52.8 Å². The topological polar surface area (TPSA) is 166 Å². The first-order valence-electron chi connectivity index (χ1n) is 20.7. The molecule has 3 N–H and O–H groups in total. The molecule has 0 unspecified atom stereocenters. The molecule has 0 radical (unpaired) electrons. The Bertz CT molecular complexity index is 2460. The number of allylic oxidation sites excluding steroid dienone is 9. The number of aliphatic hydroxyl groups is 1. The molecule has 8 bridgehead atoms. The van der Waals surface area contributed by atoms with Gasteiger partial charge in [-0.25, -0.2) is 9.97 Å². The Morgan fingerprint density at radius 1 is 0.683 bits per heavy atom. The van der Waals surface area contributed by atoms with Gasteiger partial charge in [0.15, 0.2) is 0 Å². The summed E-state index contributed by atoms with van der Waals surface area (Å²) in [7, 11) is 0. The number of carboxylic acid groups (broad SMARTS) is 2. The second-order valence-corrected chi connectivity index (χ2v) is 16.1. The van der Waals surface area contributed by atoms with Crippen molar-refractivity contribution in [1.82, 2.24) is 19.9 Å². The van der Waals surface area contributed by atoms with E-state index in [1.807, 2.05) is 32.9 Å². The number of carbonyl (C=O) groups is 3. The van der Waals surface area contributed by atoms with E-state index in [-0.39, 0.29) is 48.3 Å². The maximum Gasteiger partial charge on any atom is 2.00 e. The Labute approximate surface area is 364 Å². The summed E-state index contributed by atoms with van der Waals surface area (Å²) in [6.07, 6.45) is 12.5. The van der Waals surface area contributed by atoms with Crippen molar-refractivity contribution in [3.05, 3.63) is 104 Å². The molecule has 2 aliphatic rings. The number of nitrogens with zero attached hydrogens (tertiary/aromatic N) is 4. The van der Waals surface area contributed by atoms with E-state index in [0.717, 1.165) is 64.6 Å². The molecule has 0 spiro atoms. The molecule has 0 aliphatic carbocycles. The number of carbonyl (C=O) groups excluding carboxylic acids is 1. The Hall–Kier alpha value is -5.09. The largest absolute Gasteiger partial charge is 2.00 e. The summed E-state index contributed by atoms with van der Waals surface area (Å²) in [5.74, 6) is -1.96. The van der Waals surface area contributed by atoms with Crippen LogP contribution in [0.25, 0.3) is 44.4 Å². The molecule has 318 valence electrons. The fraction of sp³-hybridized carbons (Fsp3) is 0.408. The standard InChI is InChI=1S/C49H60N4O6.Fe/c1-9-34-31(6)39-25-45-49(46(55)18-12-17-30(5)16-11-15-29(4)14-10-13-28(2)3)33(8)40(52-45)24-44-37(27-54)36(20-22-48(58)59)43(53-44)26-42-35(19-21-47(56)57)32(7)38(51-42)23-41(34)50-39;/h13,15,17,23-27,46,55H,9-12,14,16,18-22H2,1-8H3,(H4,50,51,52,53,54,56,57,58,59);/q;+2/p-2/b29-15+,30-17+,38-23?,39-25?,40-24?,41-23?,42-26?,43-26?,44-24?,45-25?;/t46-;/m0./s1. The van der Waals surface area contributed by atoms with Crippen LogP contribution in [0.5, 0.6) is 0 Å². The van der Waals surface area contributed by atoms with Gasteiger partial charge in [-0.15, -0.1) is 22.1 Å². The minimum Gasteiger partial charge on any atom is -0.657 e. The first-order valence-corrected chi connectivity index (χ1v) is 20.7. The van der Waals surface area contributed by atoms with E-state index in [1.165, 1.54) is 16.7 Å². The molecule has 3 aromatic heterocycles. The fourth-order valence-corrected chi connectivity index (χ4v) is 7.94. The molecule has 10 nitrogen and oxygen atoms in total. The number of aldehydes is 1. The second-order valence-electron chi connectivity index (χ2n) is 16.1. The first-order chi connectivity index (χ1) is 28.1. The Morgan fingerprint density at radius 3 is 1.85 bits per heavy atom. The van der Waals surface area contributed by atoms with Crippen molar-refractivity contribution in [2.45, 2.75) is 132 Å². The zero-order valence-corrected chi connectivity index (χ0v) is 37.3. The Kier molecular flexibility index (Phi) is 17.0. The number of aliphatic hydroxyl groups excluding tert-OH is 1. The maximum atomic E-state index is 12.8. The van der Waals surface area contributed by atoms with Crippen molar-refractivity contribution < 1.29 is 46.8 Å². The minimum absolute atomic E-state index is 0. The second kappa shape index (κ2) is 21.4. The van der Waals surface area contributed by atoms with Gasteiger partial charge < -0.3 is 25.3 Å². The number of aromatic nitrogens is 4. The third-order valence-electron chi connectivity index (χ3n) is 11.4. The molecule has 60 heavy (non-hydrogen) atoms. The van der Waals surface area contributed by atoms with Crippen molar-refractivity contribution in [2.75, 3.05) is 0 Å². The van der Waals surface area contributed by atoms with Crippen LogP contribution in [0.4, 0.5) is 0 Å². The first kappa shape index (κ1) is 47.6. The number of aliphatic carboxylic acids is 2. The van der Waals surface area contributed by atoms with E-state index < -0.39 is 18.0 Å². The van der Waals surface area contributed by atoms with Crippen LogP contribution in [0.15, 0.2) is 59.2 Å². The minimum atomic E-state index is -1.02. The predicted octanol–water partition coefficient (Wildman–Crippen LogP) is 10.6. The van der Waals surface area contributed by atoms with E-state index in [4.69, 9.17) is 19.9 Å². The van der Waals surface area contributed by atoms with Crippen molar-refractivity contribution in [3.8, 4) is 0 Å². The number of hydrogen-bond acceptors (Lipinski definition) is 6. The summed E-state index contributed by atoms with van der Waals surface area (Å²) in [5, 5.41) is 31.1. The summed E-state index contributed by atoms with van der Waals surface area (Å²) in [5.41, 5.74) is 14.2. The summed E-state index contributed by atoms with van der Waals surface area (Å²) < 4.78 is 0. The van der Waals surface area contributed by atoms with E-state index >= 15 is 0 Å². The molecule has 0 saturated heterocycles. The van der Waals surface area contributed by atoms with Crippen molar-refractivity contribution in [1.29, 1.82) is 0 Å². The van der Waals surface area contributed by atoms with Gasteiger partial charge in [0.05, 0.1) is 28.9 Å². The molecule has 3 aromatic rings. The van der Waals surface area contributed by atoms with Gasteiger partial charge >= 0.3 is 29.0 Å². The summed E-state index contributed by atoms with van der Waals surface area (Å²) in [4.78, 5) is 56.2. The number of aryl methyl sites for hydroxylation is 3.